The van der Waals surface area contributed by atoms with Gasteiger partial charge in [-0.15, -0.1) is 0 Å². The van der Waals surface area contributed by atoms with Gasteiger partial charge in [-0.25, -0.2) is 0 Å². The lowest BCUT2D eigenvalue weighted by Crippen LogP contribution is -2.50. The number of hydrogen-bond donors (Lipinski definition) is 1. The van der Waals surface area contributed by atoms with Gasteiger partial charge in [0.2, 0.25) is 5.91 Å². The summed E-state index contributed by atoms with van der Waals surface area (Å²) in [7, 11) is 1.90. The summed E-state index contributed by atoms with van der Waals surface area (Å²) in [6, 6.07) is 0.522. The lowest BCUT2D eigenvalue weighted by molar-refractivity contribution is -0.129. The molecule has 0 aromatic carbocycles. The second-order valence-electron chi connectivity index (χ2n) is 6.20. The lowest BCUT2D eigenvalue weighted by Gasteiger charge is -2.39. The summed E-state index contributed by atoms with van der Waals surface area (Å²) in [5.74, 6) is 0.266. The number of ether oxygens (including phenoxy) is 1. The molecule has 0 aromatic rings. The average Bonchev–Trinajstić information content (AvgIpc) is 2.92. The molecule has 3 fully saturated rings. The van der Waals surface area contributed by atoms with Crippen molar-refractivity contribution < 1.29 is 9.53 Å². The van der Waals surface area contributed by atoms with E-state index in [1.54, 1.807) is 0 Å². The van der Waals surface area contributed by atoms with E-state index in [4.69, 9.17) is 4.74 Å². The van der Waals surface area contributed by atoms with Gasteiger partial charge in [0.25, 0.3) is 0 Å². The van der Waals surface area contributed by atoms with Crippen LogP contribution in [0, 0.1) is 0 Å². The van der Waals surface area contributed by atoms with Gasteiger partial charge in [-0.3, -0.25) is 4.79 Å². The highest BCUT2D eigenvalue weighted by Gasteiger charge is 2.41. The highest BCUT2D eigenvalue weighted by Crippen LogP contribution is 2.40. The van der Waals surface area contributed by atoms with Crippen molar-refractivity contribution in [1.82, 2.24) is 10.2 Å². The van der Waals surface area contributed by atoms with Crippen LogP contribution in [-0.2, 0) is 9.53 Å². The molecule has 102 valence electrons. The van der Waals surface area contributed by atoms with E-state index in [-0.39, 0.29) is 17.6 Å². The van der Waals surface area contributed by atoms with Crippen LogP contribution in [0.2, 0.25) is 0 Å². The van der Waals surface area contributed by atoms with Gasteiger partial charge < -0.3 is 15.0 Å². The van der Waals surface area contributed by atoms with E-state index in [9.17, 15) is 4.79 Å². The normalized spacial score (nSPS) is 35.6. The minimum atomic E-state index is 0.0524. The van der Waals surface area contributed by atoms with Crippen LogP contribution in [0.25, 0.3) is 0 Å². The summed E-state index contributed by atoms with van der Waals surface area (Å²) in [6.45, 7) is 1.75. The molecule has 0 aromatic heterocycles. The van der Waals surface area contributed by atoms with E-state index in [0.717, 1.165) is 32.4 Å². The Bertz CT molecular complexity index is 326. The van der Waals surface area contributed by atoms with Gasteiger partial charge in [0.1, 0.15) is 0 Å². The fraction of sp³-hybridized carbons (Fsp3) is 0.929. The van der Waals surface area contributed by atoms with E-state index in [1.165, 1.54) is 25.7 Å². The van der Waals surface area contributed by atoms with Crippen molar-refractivity contribution in [2.75, 3.05) is 20.2 Å². The number of likely N-dealkylation sites (tertiary alicyclic amines) is 1. The first kappa shape index (κ1) is 12.4. The number of carbonyl (C=O) groups is 1. The molecule has 2 atom stereocenters. The van der Waals surface area contributed by atoms with Crippen LogP contribution >= 0.6 is 0 Å². The highest BCUT2D eigenvalue weighted by molar-refractivity contribution is 5.83. The molecule has 1 amide bonds. The zero-order chi connectivity index (χ0) is 12.6. The van der Waals surface area contributed by atoms with Crippen LogP contribution in [-0.4, -0.2) is 48.7 Å². The Labute approximate surface area is 109 Å². The lowest BCUT2D eigenvalue weighted by atomic mass is 9.88. The minimum Gasteiger partial charge on any atom is -0.375 e. The Balaban J connectivity index is 1.58. The number of nitrogens with one attached hydrogen (secondary N) is 1. The molecule has 0 bridgehead atoms. The average molecular weight is 252 g/mol. The zero-order valence-electron chi connectivity index (χ0n) is 11.3. The van der Waals surface area contributed by atoms with Crippen LogP contribution in [0.15, 0.2) is 0 Å². The summed E-state index contributed by atoms with van der Waals surface area (Å²) in [5.41, 5.74) is 0.142. The van der Waals surface area contributed by atoms with Crippen molar-refractivity contribution in [1.29, 1.82) is 0 Å². The van der Waals surface area contributed by atoms with Crippen LogP contribution in [0.4, 0.5) is 0 Å². The molecule has 1 N–H and O–H groups in total. The molecule has 18 heavy (non-hydrogen) atoms. The molecule has 1 saturated carbocycles. The number of carbonyl (C=O) groups excluding carboxylic acids is 1. The van der Waals surface area contributed by atoms with Gasteiger partial charge in [-0.1, -0.05) is 12.8 Å². The Hall–Kier alpha value is -0.610. The number of likely N-dealkylation sites (N-methyl/N-ethyl adjacent to an activating group) is 1. The van der Waals surface area contributed by atoms with E-state index < -0.39 is 0 Å². The first-order valence-corrected chi connectivity index (χ1v) is 7.34. The number of amides is 1. The molecule has 1 aliphatic carbocycles. The number of nitrogens with zero attached hydrogens (tertiary/aromatic N) is 1. The third kappa shape index (κ3) is 2.28. The first-order valence-electron chi connectivity index (χ1n) is 7.34. The molecule has 2 aliphatic heterocycles. The predicted molar refractivity (Wildman–Crippen MR) is 69.4 cm³/mol. The molecular formula is C14H24N2O2. The number of hydrogen-bond acceptors (Lipinski definition) is 3. The summed E-state index contributed by atoms with van der Waals surface area (Å²) in [4.78, 5) is 13.8. The summed E-state index contributed by atoms with van der Waals surface area (Å²) in [5, 5.41) is 3.58. The van der Waals surface area contributed by atoms with E-state index >= 15 is 0 Å². The predicted octanol–water partition coefficient (Wildman–Crippen LogP) is 1.30. The van der Waals surface area contributed by atoms with Crippen molar-refractivity contribution >= 4 is 5.91 Å². The van der Waals surface area contributed by atoms with E-state index in [0.29, 0.717) is 6.04 Å². The fourth-order valence-electron chi connectivity index (χ4n) is 3.80. The summed E-state index contributed by atoms with van der Waals surface area (Å²) >= 11 is 0. The minimum absolute atomic E-state index is 0.0524. The molecule has 2 heterocycles. The van der Waals surface area contributed by atoms with E-state index in [2.05, 4.69) is 5.32 Å². The summed E-state index contributed by atoms with van der Waals surface area (Å²) in [6.07, 6.45) is 8.14. The van der Waals surface area contributed by atoms with Crippen molar-refractivity contribution in [3.05, 3.63) is 0 Å². The molecule has 4 heteroatoms. The Morgan fingerprint density at radius 2 is 2.11 bits per heavy atom. The van der Waals surface area contributed by atoms with Gasteiger partial charge in [0.15, 0.2) is 0 Å². The molecule has 2 unspecified atom stereocenters. The first-order chi connectivity index (χ1) is 8.69. The zero-order valence-corrected chi connectivity index (χ0v) is 11.3. The standard InChI is InChI=1S/C14H24N2O2/c1-16-8-4-12(13(16)17)15-11-5-9-18-14(10-11)6-2-3-7-14/h11-12,15H,2-10H2,1H3. The van der Waals surface area contributed by atoms with Gasteiger partial charge in [0, 0.05) is 26.2 Å². The third-order valence-corrected chi connectivity index (χ3v) is 4.87. The maximum atomic E-state index is 11.9. The smallest absolute Gasteiger partial charge is 0.239 e. The largest absolute Gasteiger partial charge is 0.375 e. The van der Waals surface area contributed by atoms with Crippen LogP contribution in [0.5, 0.6) is 0 Å². The van der Waals surface area contributed by atoms with Crippen molar-refractivity contribution in [3.8, 4) is 0 Å². The van der Waals surface area contributed by atoms with E-state index in [1.807, 2.05) is 11.9 Å². The molecule has 1 spiro atoms. The van der Waals surface area contributed by atoms with Crippen LogP contribution < -0.4 is 5.32 Å². The fourth-order valence-corrected chi connectivity index (χ4v) is 3.80. The van der Waals surface area contributed by atoms with Crippen LogP contribution in [0.1, 0.15) is 44.9 Å². The monoisotopic (exact) mass is 252 g/mol. The highest BCUT2D eigenvalue weighted by atomic mass is 16.5. The maximum Gasteiger partial charge on any atom is 0.239 e. The topological polar surface area (TPSA) is 41.6 Å². The molecule has 3 rings (SSSR count). The van der Waals surface area contributed by atoms with Crippen LogP contribution in [0.3, 0.4) is 0 Å². The van der Waals surface area contributed by atoms with Crippen molar-refractivity contribution in [3.63, 3.8) is 0 Å². The Morgan fingerprint density at radius 1 is 1.33 bits per heavy atom. The van der Waals surface area contributed by atoms with Gasteiger partial charge in [-0.2, -0.15) is 0 Å². The van der Waals surface area contributed by atoms with Gasteiger partial charge in [-0.05, 0) is 32.1 Å². The molecule has 4 nitrogen and oxygen atoms in total. The van der Waals surface area contributed by atoms with Crippen molar-refractivity contribution in [2.45, 2.75) is 62.6 Å². The van der Waals surface area contributed by atoms with Gasteiger partial charge in [0.05, 0.1) is 11.6 Å². The molecule has 0 radical (unpaired) electrons. The number of rotatable bonds is 2. The van der Waals surface area contributed by atoms with Gasteiger partial charge >= 0.3 is 0 Å². The molecule has 2 saturated heterocycles. The molecule has 3 aliphatic rings. The SMILES string of the molecule is CN1CCC(NC2CCOC3(CCCC3)C2)C1=O. The molecular weight excluding hydrogens is 228 g/mol. The van der Waals surface area contributed by atoms with Crippen molar-refractivity contribution in [2.24, 2.45) is 0 Å². The third-order valence-electron chi connectivity index (χ3n) is 4.87. The maximum absolute atomic E-state index is 11.9. The Kier molecular flexibility index (Phi) is 3.32. The Morgan fingerprint density at radius 3 is 2.78 bits per heavy atom. The second-order valence-corrected chi connectivity index (χ2v) is 6.20. The quantitative estimate of drug-likeness (QED) is 0.805. The second kappa shape index (κ2) is 4.82. The summed E-state index contributed by atoms with van der Waals surface area (Å²) < 4.78 is 6.03.